The minimum atomic E-state index is -4.24. The zero-order valence-electron chi connectivity index (χ0n) is 15.4. The summed E-state index contributed by atoms with van der Waals surface area (Å²) < 4.78 is 55.8. The van der Waals surface area contributed by atoms with E-state index in [2.05, 4.69) is 6.92 Å². The molecule has 28 heavy (non-hydrogen) atoms. The van der Waals surface area contributed by atoms with Crippen molar-refractivity contribution in [3.63, 3.8) is 0 Å². The first kappa shape index (κ1) is 21.8. The first-order valence-electron chi connectivity index (χ1n) is 8.83. The molecule has 6 nitrogen and oxygen atoms in total. The smallest absolute Gasteiger partial charge is 0.266 e. The number of hydrazine groups is 1. The Morgan fingerprint density at radius 3 is 2.36 bits per heavy atom. The Labute approximate surface area is 162 Å². The van der Waals surface area contributed by atoms with Crippen molar-refractivity contribution in [1.82, 2.24) is 10.3 Å². The average molecular weight is 412 g/mol. The van der Waals surface area contributed by atoms with Gasteiger partial charge in [-0.2, -0.15) is 0 Å². The number of nitrogens with one attached hydrogen (secondary N) is 2. The van der Waals surface area contributed by atoms with Gasteiger partial charge in [0.1, 0.15) is 5.75 Å². The number of benzene rings is 2. The normalized spacial score (nSPS) is 11.2. The van der Waals surface area contributed by atoms with E-state index in [1.54, 1.807) is 12.1 Å². The Hall–Kier alpha value is -2.52. The number of unbranched alkanes of at least 4 members (excludes halogenated alkanes) is 3. The van der Waals surface area contributed by atoms with E-state index >= 15 is 0 Å². The summed E-state index contributed by atoms with van der Waals surface area (Å²) in [5, 5.41) is 0. The van der Waals surface area contributed by atoms with Crippen molar-refractivity contribution < 1.29 is 26.7 Å². The van der Waals surface area contributed by atoms with Gasteiger partial charge in [-0.1, -0.05) is 26.2 Å². The van der Waals surface area contributed by atoms with Crippen LogP contribution < -0.4 is 15.0 Å². The lowest BCUT2D eigenvalue weighted by molar-refractivity contribution is 0.0945. The van der Waals surface area contributed by atoms with Crippen LogP contribution in [0.4, 0.5) is 8.78 Å². The van der Waals surface area contributed by atoms with Crippen LogP contribution in [0, 0.1) is 11.6 Å². The van der Waals surface area contributed by atoms with Crippen molar-refractivity contribution in [1.29, 1.82) is 0 Å². The van der Waals surface area contributed by atoms with Gasteiger partial charge in [0.05, 0.1) is 11.5 Å². The van der Waals surface area contributed by atoms with E-state index in [0.717, 1.165) is 31.7 Å². The molecule has 2 aromatic carbocycles. The lowest BCUT2D eigenvalue weighted by atomic mass is 10.2. The van der Waals surface area contributed by atoms with Gasteiger partial charge in [-0.15, -0.1) is 4.83 Å². The Morgan fingerprint density at radius 1 is 1.00 bits per heavy atom. The van der Waals surface area contributed by atoms with E-state index in [1.165, 1.54) is 12.1 Å². The summed E-state index contributed by atoms with van der Waals surface area (Å²) in [7, 11) is -4.24. The van der Waals surface area contributed by atoms with Gasteiger partial charge in [0, 0.05) is 5.56 Å². The van der Waals surface area contributed by atoms with Crippen molar-refractivity contribution in [3.05, 3.63) is 59.7 Å². The van der Waals surface area contributed by atoms with E-state index in [4.69, 9.17) is 4.74 Å². The van der Waals surface area contributed by atoms with Crippen molar-refractivity contribution >= 4 is 15.9 Å². The van der Waals surface area contributed by atoms with Gasteiger partial charge in [0.25, 0.3) is 15.9 Å². The maximum Gasteiger partial charge on any atom is 0.266 e. The highest BCUT2D eigenvalue weighted by molar-refractivity contribution is 7.89. The fourth-order valence-corrected chi connectivity index (χ4v) is 3.16. The fourth-order valence-electron chi connectivity index (χ4n) is 2.31. The van der Waals surface area contributed by atoms with Crippen LogP contribution in [0.15, 0.2) is 47.4 Å². The van der Waals surface area contributed by atoms with Gasteiger partial charge in [0.2, 0.25) is 0 Å². The molecular formula is C19H22F2N2O4S. The van der Waals surface area contributed by atoms with Crippen LogP contribution in [-0.2, 0) is 10.0 Å². The van der Waals surface area contributed by atoms with Crippen molar-refractivity contribution in [2.75, 3.05) is 6.61 Å². The van der Waals surface area contributed by atoms with E-state index in [9.17, 15) is 22.0 Å². The Balaban J connectivity index is 1.89. The van der Waals surface area contributed by atoms with Crippen molar-refractivity contribution in [3.8, 4) is 5.75 Å². The van der Waals surface area contributed by atoms with Crippen LogP contribution in [0.5, 0.6) is 5.75 Å². The average Bonchev–Trinajstić information content (AvgIpc) is 2.68. The third-order valence-electron chi connectivity index (χ3n) is 3.88. The monoisotopic (exact) mass is 412 g/mol. The molecule has 0 saturated carbocycles. The van der Waals surface area contributed by atoms with Gasteiger partial charge >= 0.3 is 0 Å². The molecular weight excluding hydrogens is 390 g/mol. The summed E-state index contributed by atoms with van der Waals surface area (Å²) in [6.07, 6.45) is 4.34. The number of sulfonamides is 1. The van der Waals surface area contributed by atoms with E-state index in [-0.39, 0.29) is 5.56 Å². The second-order valence-corrected chi connectivity index (χ2v) is 7.75. The first-order chi connectivity index (χ1) is 13.3. The molecule has 9 heteroatoms. The fraction of sp³-hybridized carbons (Fsp3) is 0.316. The number of hydrogen-bond donors (Lipinski definition) is 2. The van der Waals surface area contributed by atoms with Crippen molar-refractivity contribution in [2.24, 2.45) is 0 Å². The number of ether oxygens (including phenoxy) is 1. The van der Waals surface area contributed by atoms with Crippen LogP contribution in [-0.4, -0.2) is 20.9 Å². The van der Waals surface area contributed by atoms with Gasteiger partial charge in [-0.25, -0.2) is 17.2 Å². The zero-order valence-corrected chi connectivity index (χ0v) is 16.2. The molecule has 2 rings (SSSR count). The van der Waals surface area contributed by atoms with E-state index in [0.29, 0.717) is 24.5 Å². The van der Waals surface area contributed by atoms with E-state index in [1.807, 2.05) is 10.3 Å². The summed E-state index contributed by atoms with van der Waals surface area (Å²) in [4.78, 5) is 13.4. The van der Waals surface area contributed by atoms with Crippen LogP contribution in [0.1, 0.15) is 43.0 Å². The Kier molecular flexibility index (Phi) is 7.89. The number of hydrogen-bond acceptors (Lipinski definition) is 4. The minimum Gasteiger partial charge on any atom is -0.494 e. The molecule has 0 aliphatic carbocycles. The maximum atomic E-state index is 13.2. The van der Waals surface area contributed by atoms with Crippen molar-refractivity contribution in [2.45, 2.75) is 37.5 Å². The molecule has 1 amide bonds. The summed E-state index contributed by atoms with van der Waals surface area (Å²) in [6, 6.07) is 8.30. The molecule has 0 aliphatic rings. The predicted octanol–water partition coefficient (Wildman–Crippen LogP) is 3.55. The molecule has 0 spiro atoms. The standard InChI is InChI=1S/C19H22F2N2O4S/c1-2-3-4-5-12-27-15-8-6-14(7-9-15)19(24)22-23-28(25,26)16-10-11-17(20)18(21)13-16/h6-11,13,23H,2-5,12H2,1H3,(H,22,24). The number of carbonyl (C=O) groups is 1. The summed E-state index contributed by atoms with van der Waals surface area (Å²) in [5.41, 5.74) is 2.22. The molecule has 0 fully saturated rings. The van der Waals surface area contributed by atoms with E-state index < -0.39 is 32.5 Å². The highest BCUT2D eigenvalue weighted by Crippen LogP contribution is 2.14. The first-order valence-corrected chi connectivity index (χ1v) is 10.3. The summed E-state index contributed by atoms with van der Waals surface area (Å²) >= 11 is 0. The van der Waals surface area contributed by atoms with Crippen LogP contribution in [0.3, 0.4) is 0 Å². The molecule has 152 valence electrons. The second-order valence-electron chi connectivity index (χ2n) is 6.07. The molecule has 0 aromatic heterocycles. The van der Waals surface area contributed by atoms with Crippen LogP contribution in [0.25, 0.3) is 0 Å². The molecule has 0 saturated heterocycles. The molecule has 0 bridgehead atoms. The third kappa shape index (κ3) is 6.28. The van der Waals surface area contributed by atoms with Gasteiger partial charge in [0.15, 0.2) is 11.6 Å². The maximum absolute atomic E-state index is 13.2. The number of carbonyl (C=O) groups excluding carboxylic acids is 1. The Bertz CT molecular complexity index is 903. The molecule has 2 aromatic rings. The van der Waals surface area contributed by atoms with Gasteiger partial charge in [-0.05, 0) is 48.9 Å². The third-order valence-corrected chi connectivity index (χ3v) is 5.13. The van der Waals surface area contributed by atoms with Crippen LogP contribution >= 0.6 is 0 Å². The number of amides is 1. The number of halogens is 2. The van der Waals surface area contributed by atoms with Crippen LogP contribution in [0.2, 0.25) is 0 Å². The second kappa shape index (κ2) is 10.1. The zero-order chi connectivity index (χ0) is 20.6. The largest absolute Gasteiger partial charge is 0.494 e. The highest BCUT2D eigenvalue weighted by atomic mass is 32.2. The molecule has 0 aliphatic heterocycles. The SMILES string of the molecule is CCCCCCOc1ccc(C(=O)NNS(=O)(=O)c2ccc(F)c(F)c2)cc1. The molecule has 0 radical (unpaired) electrons. The Morgan fingerprint density at radius 2 is 1.71 bits per heavy atom. The number of rotatable bonds is 10. The quantitative estimate of drug-likeness (QED) is 0.462. The van der Waals surface area contributed by atoms with Gasteiger partial charge in [-0.3, -0.25) is 10.2 Å². The summed E-state index contributed by atoms with van der Waals surface area (Å²) in [6.45, 7) is 2.71. The molecule has 0 atom stereocenters. The molecule has 2 N–H and O–H groups in total. The topological polar surface area (TPSA) is 84.5 Å². The minimum absolute atomic E-state index is 0.200. The molecule has 0 heterocycles. The van der Waals surface area contributed by atoms with Gasteiger partial charge < -0.3 is 4.74 Å². The lowest BCUT2D eigenvalue weighted by Gasteiger charge is -2.10. The molecule has 0 unspecified atom stereocenters. The lowest BCUT2D eigenvalue weighted by Crippen LogP contribution is -2.41. The summed E-state index contributed by atoms with van der Waals surface area (Å²) in [5.74, 6) is -2.58. The predicted molar refractivity (Wildman–Crippen MR) is 100 cm³/mol. The highest BCUT2D eigenvalue weighted by Gasteiger charge is 2.18.